The Labute approximate surface area is 117 Å². The lowest BCUT2D eigenvalue weighted by molar-refractivity contribution is -0.147. The molecular formula is C13H21NO6. The summed E-state index contributed by atoms with van der Waals surface area (Å²) in [5, 5.41) is 8.89. The number of ether oxygens (including phenoxy) is 2. The minimum absolute atomic E-state index is 0.216. The molecule has 0 aromatic carbocycles. The molecular weight excluding hydrogens is 266 g/mol. The molecule has 1 unspecified atom stereocenters. The highest BCUT2D eigenvalue weighted by Crippen LogP contribution is 2.29. The van der Waals surface area contributed by atoms with Gasteiger partial charge >= 0.3 is 18.0 Å². The zero-order chi connectivity index (χ0) is 15.5. The summed E-state index contributed by atoms with van der Waals surface area (Å²) in [5.74, 6) is -1.57. The first-order chi connectivity index (χ1) is 9.15. The van der Waals surface area contributed by atoms with Gasteiger partial charge in [0.2, 0.25) is 0 Å². The lowest BCUT2D eigenvalue weighted by Gasteiger charge is -2.31. The molecule has 0 aromatic heterocycles. The Kier molecular flexibility index (Phi) is 4.97. The molecule has 0 spiro atoms. The molecule has 0 aromatic rings. The number of rotatable bonds is 3. The van der Waals surface area contributed by atoms with Crippen LogP contribution in [0.5, 0.6) is 0 Å². The quantitative estimate of drug-likeness (QED) is 0.789. The Morgan fingerprint density at radius 2 is 1.85 bits per heavy atom. The van der Waals surface area contributed by atoms with Crippen molar-refractivity contribution >= 4 is 18.0 Å². The van der Waals surface area contributed by atoms with Gasteiger partial charge in [0.05, 0.1) is 13.5 Å². The summed E-state index contributed by atoms with van der Waals surface area (Å²) in [7, 11) is 1.24. The number of esters is 1. The number of methoxy groups -OCH3 is 1. The number of nitrogens with zero attached hydrogens (tertiary/aromatic N) is 1. The van der Waals surface area contributed by atoms with Gasteiger partial charge < -0.3 is 14.6 Å². The van der Waals surface area contributed by atoms with E-state index in [0.717, 1.165) is 0 Å². The summed E-state index contributed by atoms with van der Waals surface area (Å²) in [6, 6.07) is -1.33. The average Bonchev–Trinajstić information content (AvgIpc) is 2.68. The first-order valence-electron chi connectivity index (χ1n) is 6.46. The third-order valence-corrected chi connectivity index (χ3v) is 2.99. The molecule has 1 saturated heterocycles. The molecule has 0 bridgehead atoms. The molecule has 2 atom stereocenters. The fraction of sp³-hybridized carbons (Fsp3) is 0.769. The summed E-state index contributed by atoms with van der Waals surface area (Å²) in [5.41, 5.74) is -0.714. The highest BCUT2D eigenvalue weighted by molar-refractivity contribution is 5.83. The van der Waals surface area contributed by atoms with E-state index in [9.17, 15) is 14.4 Å². The molecule has 1 aliphatic rings. The normalized spacial score (nSPS) is 22.5. The molecule has 1 amide bonds. The molecule has 114 valence electrons. The lowest BCUT2D eigenvalue weighted by Crippen LogP contribution is -2.48. The molecule has 7 nitrogen and oxygen atoms in total. The predicted molar refractivity (Wildman–Crippen MR) is 69.2 cm³/mol. The fourth-order valence-corrected chi connectivity index (χ4v) is 2.24. The van der Waals surface area contributed by atoms with E-state index in [2.05, 4.69) is 4.74 Å². The molecule has 1 aliphatic heterocycles. The lowest BCUT2D eigenvalue weighted by atomic mass is 10.1. The zero-order valence-electron chi connectivity index (χ0n) is 12.2. The number of amides is 1. The van der Waals surface area contributed by atoms with E-state index in [1.807, 2.05) is 0 Å². The highest BCUT2D eigenvalue weighted by Gasteiger charge is 2.44. The molecule has 0 saturated carbocycles. The zero-order valence-corrected chi connectivity index (χ0v) is 12.2. The van der Waals surface area contributed by atoms with Gasteiger partial charge in [0.1, 0.15) is 11.6 Å². The van der Waals surface area contributed by atoms with Crippen molar-refractivity contribution in [3.63, 3.8) is 0 Å². The van der Waals surface area contributed by atoms with Crippen molar-refractivity contribution in [2.45, 2.75) is 57.7 Å². The van der Waals surface area contributed by atoms with Gasteiger partial charge in [-0.05, 0) is 33.6 Å². The summed E-state index contributed by atoms with van der Waals surface area (Å²) >= 11 is 0. The number of carboxylic acids is 1. The Balaban J connectivity index is 2.92. The van der Waals surface area contributed by atoms with E-state index >= 15 is 0 Å². The maximum Gasteiger partial charge on any atom is 0.411 e. The number of aliphatic carboxylic acids is 1. The highest BCUT2D eigenvalue weighted by atomic mass is 16.6. The average molecular weight is 287 g/mol. The Bertz CT molecular complexity index is 400. The molecule has 1 N–H and O–H groups in total. The van der Waals surface area contributed by atoms with Gasteiger partial charge in [0.15, 0.2) is 0 Å². The standard InChI is InChI=1S/C13H21NO6/c1-13(2,3)20-12(18)14-8(7-10(15)16)5-6-9(14)11(17)19-4/h8-9H,5-7H2,1-4H3,(H,15,16)/t8?,9-/m0/s1. The Morgan fingerprint density at radius 1 is 1.25 bits per heavy atom. The van der Waals surface area contributed by atoms with Crippen LogP contribution < -0.4 is 0 Å². The van der Waals surface area contributed by atoms with Crippen LogP contribution in [0.25, 0.3) is 0 Å². The summed E-state index contributed by atoms with van der Waals surface area (Å²) in [4.78, 5) is 36.0. The second kappa shape index (κ2) is 6.11. The molecule has 1 rings (SSSR count). The van der Waals surface area contributed by atoms with Crippen LogP contribution >= 0.6 is 0 Å². The second-order valence-electron chi connectivity index (χ2n) is 5.76. The number of carbonyl (C=O) groups is 3. The van der Waals surface area contributed by atoms with Crippen molar-refractivity contribution in [2.24, 2.45) is 0 Å². The predicted octanol–water partition coefficient (Wildman–Crippen LogP) is 1.40. The van der Waals surface area contributed by atoms with Crippen LogP contribution in [-0.2, 0) is 19.1 Å². The third-order valence-electron chi connectivity index (χ3n) is 2.99. The van der Waals surface area contributed by atoms with E-state index in [1.165, 1.54) is 12.0 Å². The summed E-state index contributed by atoms with van der Waals surface area (Å²) < 4.78 is 9.91. The monoisotopic (exact) mass is 287 g/mol. The Hall–Kier alpha value is -1.79. The SMILES string of the molecule is COC(=O)[C@@H]1CCC(CC(=O)O)N1C(=O)OC(C)(C)C. The number of hydrogen-bond acceptors (Lipinski definition) is 5. The van der Waals surface area contributed by atoms with Gasteiger partial charge in [-0.1, -0.05) is 0 Å². The van der Waals surface area contributed by atoms with E-state index in [0.29, 0.717) is 12.8 Å². The second-order valence-corrected chi connectivity index (χ2v) is 5.76. The van der Waals surface area contributed by atoms with Gasteiger partial charge in [-0.3, -0.25) is 9.69 Å². The molecule has 20 heavy (non-hydrogen) atoms. The van der Waals surface area contributed by atoms with Crippen molar-refractivity contribution in [2.75, 3.05) is 7.11 Å². The molecule has 0 aliphatic carbocycles. The van der Waals surface area contributed by atoms with Gasteiger partial charge in [-0.25, -0.2) is 9.59 Å². The maximum absolute atomic E-state index is 12.2. The van der Waals surface area contributed by atoms with E-state index in [4.69, 9.17) is 9.84 Å². The van der Waals surface area contributed by atoms with Crippen molar-refractivity contribution in [3.8, 4) is 0 Å². The van der Waals surface area contributed by atoms with Crippen LogP contribution in [0.15, 0.2) is 0 Å². The number of carbonyl (C=O) groups excluding carboxylic acids is 2. The van der Waals surface area contributed by atoms with E-state index in [1.54, 1.807) is 20.8 Å². The van der Waals surface area contributed by atoms with Crippen LogP contribution in [0, 0.1) is 0 Å². The van der Waals surface area contributed by atoms with Crippen molar-refractivity contribution in [1.82, 2.24) is 4.90 Å². The molecule has 0 radical (unpaired) electrons. The van der Waals surface area contributed by atoms with Gasteiger partial charge in [-0.2, -0.15) is 0 Å². The van der Waals surface area contributed by atoms with Gasteiger partial charge in [0.25, 0.3) is 0 Å². The fourth-order valence-electron chi connectivity index (χ4n) is 2.24. The van der Waals surface area contributed by atoms with Gasteiger partial charge in [0, 0.05) is 6.04 Å². The van der Waals surface area contributed by atoms with Crippen molar-refractivity contribution in [1.29, 1.82) is 0 Å². The number of likely N-dealkylation sites (tertiary alicyclic amines) is 1. The molecule has 1 fully saturated rings. The van der Waals surface area contributed by atoms with Crippen LogP contribution in [0.1, 0.15) is 40.0 Å². The summed E-state index contributed by atoms with van der Waals surface area (Å²) in [6.45, 7) is 5.13. The molecule has 1 heterocycles. The largest absolute Gasteiger partial charge is 0.481 e. The van der Waals surface area contributed by atoms with Crippen LogP contribution in [0.4, 0.5) is 4.79 Å². The third kappa shape index (κ3) is 4.11. The first kappa shape index (κ1) is 16.3. The van der Waals surface area contributed by atoms with Crippen molar-refractivity contribution < 1.29 is 29.0 Å². The first-order valence-corrected chi connectivity index (χ1v) is 6.46. The number of hydrogen-bond donors (Lipinski definition) is 1. The topological polar surface area (TPSA) is 93.1 Å². The van der Waals surface area contributed by atoms with Crippen LogP contribution in [-0.4, -0.2) is 52.8 Å². The minimum Gasteiger partial charge on any atom is -0.481 e. The Morgan fingerprint density at radius 3 is 2.30 bits per heavy atom. The van der Waals surface area contributed by atoms with Gasteiger partial charge in [-0.15, -0.1) is 0 Å². The maximum atomic E-state index is 12.2. The van der Waals surface area contributed by atoms with Crippen molar-refractivity contribution in [3.05, 3.63) is 0 Å². The van der Waals surface area contributed by atoms with E-state index in [-0.39, 0.29) is 6.42 Å². The van der Waals surface area contributed by atoms with Crippen LogP contribution in [0.2, 0.25) is 0 Å². The van der Waals surface area contributed by atoms with E-state index < -0.39 is 35.7 Å². The smallest absolute Gasteiger partial charge is 0.411 e. The molecule has 7 heteroatoms. The minimum atomic E-state index is -1.02. The summed E-state index contributed by atoms with van der Waals surface area (Å²) in [6.07, 6.45) is -0.0845. The van der Waals surface area contributed by atoms with Crippen LogP contribution in [0.3, 0.4) is 0 Å². The number of carboxylic acid groups (broad SMARTS) is 1.